The van der Waals surface area contributed by atoms with Crippen LogP contribution in [0.3, 0.4) is 0 Å². The first kappa shape index (κ1) is 17.7. The lowest BCUT2D eigenvalue weighted by Gasteiger charge is -2.06. The highest BCUT2D eigenvalue weighted by molar-refractivity contribution is 7.98. The third-order valence-corrected chi connectivity index (χ3v) is 4.30. The zero-order chi connectivity index (χ0) is 17.7. The van der Waals surface area contributed by atoms with Gasteiger partial charge in [0, 0.05) is 22.1 Å². The number of nitro benzene ring substituents is 1. The van der Waals surface area contributed by atoms with Crippen molar-refractivity contribution in [1.29, 1.82) is 0 Å². The van der Waals surface area contributed by atoms with Crippen molar-refractivity contribution in [2.24, 2.45) is 0 Å². The summed E-state index contributed by atoms with van der Waals surface area (Å²) in [5, 5.41) is 11.0. The topological polar surface area (TPSA) is 69.4 Å². The van der Waals surface area contributed by atoms with Gasteiger partial charge in [-0.05, 0) is 37.0 Å². The largest absolute Gasteiger partial charge is 0.496 e. The van der Waals surface area contributed by atoms with Crippen molar-refractivity contribution in [3.05, 3.63) is 69.3 Å². The molecule has 2 aromatic carbocycles. The number of carbonyl (C=O) groups excluding carboxylic acids is 1. The standard InChI is InChI=1S/C18H17NO4S/c1-12-4-7-14(11-15(12)19(21)22)16(20)8-5-13-6-9-18(24-3)17(10-13)23-2/h4-11H,1-3H3/b8-5+. The molecule has 24 heavy (non-hydrogen) atoms. The van der Waals surface area contributed by atoms with Crippen LogP contribution in [0, 0.1) is 17.0 Å². The number of ether oxygens (including phenoxy) is 1. The van der Waals surface area contributed by atoms with E-state index in [1.165, 1.54) is 12.1 Å². The minimum atomic E-state index is -0.484. The number of benzene rings is 2. The van der Waals surface area contributed by atoms with Gasteiger partial charge in [0.05, 0.1) is 12.0 Å². The highest BCUT2D eigenvalue weighted by Crippen LogP contribution is 2.28. The third kappa shape index (κ3) is 4.02. The summed E-state index contributed by atoms with van der Waals surface area (Å²) in [5.74, 6) is 0.453. The number of aryl methyl sites for hydroxylation is 1. The fourth-order valence-corrected chi connectivity index (χ4v) is 2.73. The molecule has 2 rings (SSSR count). The molecule has 5 nitrogen and oxygen atoms in total. The molecule has 0 atom stereocenters. The molecule has 0 N–H and O–H groups in total. The van der Waals surface area contributed by atoms with Crippen LogP contribution in [0.15, 0.2) is 47.4 Å². The highest BCUT2D eigenvalue weighted by Gasteiger charge is 2.13. The number of allylic oxidation sites excluding steroid dienone is 1. The van der Waals surface area contributed by atoms with Gasteiger partial charge in [0.25, 0.3) is 5.69 Å². The van der Waals surface area contributed by atoms with Crippen molar-refractivity contribution in [3.63, 3.8) is 0 Å². The van der Waals surface area contributed by atoms with Crippen LogP contribution in [0.25, 0.3) is 6.08 Å². The number of hydrogen-bond donors (Lipinski definition) is 0. The average molecular weight is 343 g/mol. The molecule has 0 aliphatic heterocycles. The molecule has 124 valence electrons. The van der Waals surface area contributed by atoms with Gasteiger partial charge < -0.3 is 4.74 Å². The predicted molar refractivity (Wildman–Crippen MR) is 96.0 cm³/mol. The lowest BCUT2D eigenvalue weighted by atomic mass is 10.1. The number of hydrogen-bond acceptors (Lipinski definition) is 5. The van der Waals surface area contributed by atoms with Gasteiger partial charge in [0.1, 0.15) is 5.75 Å². The van der Waals surface area contributed by atoms with Gasteiger partial charge in [-0.25, -0.2) is 0 Å². The summed E-state index contributed by atoms with van der Waals surface area (Å²) in [6.45, 7) is 1.64. The summed E-state index contributed by atoms with van der Waals surface area (Å²) in [5.41, 5.74) is 1.58. The van der Waals surface area contributed by atoms with Crippen LogP contribution in [0.2, 0.25) is 0 Å². The van der Waals surface area contributed by atoms with Gasteiger partial charge in [-0.1, -0.05) is 24.3 Å². The van der Waals surface area contributed by atoms with Gasteiger partial charge >= 0.3 is 0 Å². The minimum Gasteiger partial charge on any atom is -0.496 e. The number of carbonyl (C=O) groups is 1. The molecule has 0 aliphatic rings. The van der Waals surface area contributed by atoms with Crippen LogP contribution < -0.4 is 4.74 Å². The number of thioether (sulfide) groups is 1. The highest BCUT2D eigenvalue weighted by atomic mass is 32.2. The van der Waals surface area contributed by atoms with E-state index < -0.39 is 4.92 Å². The number of nitro groups is 1. The number of rotatable bonds is 6. The van der Waals surface area contributed by atoms with E-state index in [1.807, 2.05) is 24.5 Å². The quantitative estimate of drug-likeness (QED) is 0.253. The molecule has 0 bridgehead atoms. The maximum Gasteiger partial charge on any atom is 0.273 e. The number of nitrogens with zero attached hydrogens (tertiary/aromatic N) is 1. The van der Waals surface area contributed by atoms with Gasteiger partial charge in [0.2, 0.25) is 0 Å². The molecule has 0 heterocycles. The number of ketones is 1. The van der Waals surface area contributed by atoms with E-state index in [0.29, 0.717) is 5.56 Å². The van der Waals surface area contributed by atoms with Crippen LogP contribution in [-0.4, -0.2) is 24.1 Å². The summed E-state index contributed by atoms with van der Waals surface area (Å²) in [6.07, 6.45) is 5.03. The summed E-state index contributed by atoms with van der Waals surface area (Å²) >= 11 is 1.58. The molecule has 0 amide bonds. The Morgan fingerprint density at radius 3 is 2.62 bits per heavy atom. The van der Waals surface area contributed by atoms with Crippen LogP contribution in [0.1, 0.15) is 21.5 Å². The Morgan fingerprint density at radius 1 is 1.25 bits per heavy atom. The summed E-state index contributed by atoms with van der Waals surface area (Å²) in [4.78, 5) is 23.7. The van der Waals surface area contributed by atoms with E-state index in [2.05, 4.69) is 0 Å². The van der Waals surface area contributed by atoms with Crippen LogP contribution in [0.4, 0.5) is 5.69 Å². The van der Waals surface area contributed by atoms with Crippen molar-refractivity contribution in [2.75, 3.05) is 13.4 Å². The molecule has 0 spiro atoms. The smallest absolute Gasteiger partial charge is 0.273 e. The maximum atomic E-state index is 12.2. The third-order valence-electron chi connectivity index (χ3n) is 3.53. The zero-order valence-electron chi connectivity index (χ0n) is 13.6. The van der Waals surface area contributed by atoms with Crippen molar-refractivity contribution in [2.45, 2.75) is 11.8 Å². The SMILES string of the molecule is COc1cc(/C=C/C(=O)c2ccc(C)c([N+](=O)[O-])c2)ccc1SC. The minimum absolute atomic E-state index is 0.0553. The normalized spacial score (nSPS) is 10.8. The Labute approximate surface area is 144 Å². The molecular formula is C18H17NO4S. The van der Waals surface area contributed by atoms with Crippen LogP contribution in [0.5, 0.6) is 5.75 Å². The molecule has 0 radical (unpaired) electrons. The summed E-state index contributed by atoms with van der Waals surface area (Å²) < 4.78 is 5.31. The Bertz CT molecular complexity index is 815. The molecule has 6 heteroatoms. The van der Waals surface area contributed by atoms with Crippen molar-refractivity contribution >= 4 is 29.3 Å². The first-order valence-corrected chi connectivity index (χ1v) is 8.38. The Kier molecular flexibility index (Phi) is 5.76. The molecule has 0 unspecified atom stereocenters. The lowest BCUT2D eigenvalue weighted by Crippen LogP contribution is -1.98. The molecule has 2 aromatic rings. The van der Waals surface area contributed by atoms with Gasteiger partial charge in [-0.15, -0.1) is 11.8 Å². The van der Waals surface area contributed by atoms with Crippen LogP contribution >= 0.6 is 11.8 Å². The zero-order valence-corrected chi connectivity index (χ0v) is 14.4. The maximum absolute atomic E-state index is 12.2. The number of methoxy groups -OCH3 is 1. The fraction of sp³-hybridized carbons (Fsp3) is 0.167. The van der Waals surface area contributed by atoms with E-state index in [9.17, 15) is 14.9 Å². The molecule has 0 fully saturated rings. The van der Waals surface area contributed by atoms with Gasteiger partial charge in [-0.2, -0.15) is 0 Å². The Hall–Kier alpha value is -2.60. The summed E-state index contributed by atoms with van der Waals surface area (Å²) in [7, 11) is 1.60. The fourth-order valence-electron chi connectivity index (χ4n) is 2.18. The van der Waals surface area contributed by atoms with Gasteiger partial charge in [-0.3, -0.25) is 14.9 Å². The van der Waals surface area contributed by atoms with E-state index in [-0.39, 0.29) is 17.0 Å². The Balaban J connectivity index is 2.25. The van der Waals surface area contributed by atoms with E-state index in [0.717, 1.165) is 16.2 Å². The molecule has 0 aliphatic carbocycles. The predicted octanol–water partition coefficient (Wildman–Crippen LogP) is 4.53. The van der Waals surface area contributed by atoms with Gasteiger partial charge in [0.15, 0.2) is 5.78 Å². The van der Waals surface area contributed by atoms with Crippen molar-refractivity contribution in [1.82, 2.24) is 0 Å². The second-order valence-corrected chi connectivity index (χ2v) is 5.92. The second kappa shape index (κ2) is 7.79. The lowest BCUT2D eigenvalue weighted by molar-refractivity contribution is -0.385. The average Bonchev–Trinajstić information content (AvgIpc) is 2.59. The van der Waals surface area contributed by atoms with Crippen LogP contribution in [-0.2, 0) is 0 Å². The molecular weight excluding hydrogens is 326 g/mol. The van der Waals surface area contributed by atoms with Crippen molar-refractivity contribution in [3.8, 4) is 5.75 Å². The van der Waals surface area contributed by atoms with E-state index in [4.69, 9.17) is 4.74 Å². The van der Waals surface area contributed by atoms with Crippen molar-refractivity contribution < 1.29 is 14.5 Å². The first-order chi connectivity index (χ1) is 11.5. The summed E-state index contributed by atoms with van der Waals surface area (Å²) in [6, 6.07) is 10.1. The van der Waals surface area contributed by atoms with E-state index >= 15 is 0 Å². The second-order valence-electron chi connectivity index (χ2n) is 5.07. The molecule has 0 saturated heterocycles. The molecule has 0 aromatic heterocycles. The molecule has 0 saturated carbocycles. The monoisotopic (exact) mass is 343 g/mol. The first-order valence-electron chi connectivity index (χ1n) is 7.15. The van der Waals surface area contributed by atoms with E-state index in [1.54, 1.807) is 44.0 Å². The Morgan fingerprint density at radius 2 is 2.00 bits per heavy atom.